The van der Waals surface area contributed by atoms with Gasteiger partial charge in [0.1, 0.15) is 0 Å². The normalized spacial score (nSPS) is 11.8. The van der Waals surface area contributed by atoms with Crippen molar-refractivity contribution < 1.29 is 19.1 Å². The maximum absolute atomic E-state index is 11.5. The monoisotopic (exact) mass is 380 g/mol. The number of hydrogen-bond acceptors (Lipinski definition) is 6. The Hall–Kier alpha value is -3.54. The molecule has 0 saturated carbocycles. The summed E-state index contributed by atoms with van der Waals surface area (Å²) < 4.78 is 9.71. The van der Waals surface area contributed by atoms with Crippen LogP contribution in [0.4, 0.5) is 0 Å². The zero-order valence-electron chi connectivity index (χ0n) is 16.0. The van der Waals surface area contributed by atoms with Gasteiger partial charge in [-0.3, -0.25) is 0 Å². The molecule has 0 radical (unpaired) electrons. The Labute approximate surface area is 164 Å². The first kappa shape index (κ1) is 20.8. The molecule has 0 saturated heterocycles. The number of esters is 2. The third kappa shape index (κ3) is 5.74. The molecule has 0 spiro atoms. The molecular weight excluding hydrogens is 356 g/mol. The fraction of sp³-hybridized carbons (Fsp3) is 0.182. The number of rotatable bonds is 7. The van der Waals surface area contributed by atoms with E-state index in [0.717, 1.165) is 22.3 Å². The van der Waals surface area contributed by atoms with E-state index in [-0.39, 0.29) is 0 Å². The Balaban J connectivity index is 2.14. The maximum atomic E-state index is 11.5. The first-order valence-corrected chi connectivity index (χ1v) is 8.93. The van der Waals surface area contributed by atoms with Crippen LogP contribution < -0.4 is 11.5 Å². The minimum Gasteiger partial charge on any atom is -0.463 e. The van der Waals surface area contributed by atoms with E-state index in [1.165, 1.54) is 12.2 Å². The Kier molecular flexibility index (Phi) is 7.39. The van der Waals surface area contributed by atoms with Crippen molar-refractivity contribution in [3.8, 4) is 11.1 Å². The van der Waals surface area contributed by atoms with E-state index in [2.05, 4.69) is 0 Å². The predicted molar refractivity (Wildman–Crippen MR) is 109 cm³/mol. The van der Waals surface area contributed by atoms with Gasteiger partial charge in [-0.15, -0.1) is 0 Å². The van der Waals surface area contributed by atoms with Crippen molar-refractivity contribution in [3.05, 3.63) is 71.8 Å². The van der Waals surface area contributed by atoms with Gasteiger partial charge in [0.25, 0.3) is 0 Å². The van der Waals surface area contributed by atoms with Crippen molar-refractivity contribution in [3.63, 3.8) is 0 Å². The van der Waals surface area contributed by atoms with E-state index >= 15 is 0 Å². The van der Waals surface area contributed by atoms with Gasteiger partial charge < -0.3 is 20.9 Å². The number of ether oxygens (including phenoxy) is 2. The summed E-state index contributed by atoms with van der Waals surface area (Å²) in [5.74, 6) is -0.929. The third-order valence-electron chi connectivity index (χ3n) is 3.89. The van der Waals surface area contributed by atoms with Gasteiger partial charge in [-0.2, -0.15) is 0 Å². The standard InChI is InChI=1S/C22H24N2O4/c1-3-27-21(25)13-19(23)17-9-5-15(6-10-17)16-7-11-18(12-8-16)20(24)14-22(26)28-4-2/h5-14H,3-4,23-24H2,1-2H3/b19-13-,20-14-. The molecule has 0 aliphatic rings. The number of benzene rings is 2. The highest BCUT2D eigenvalue weighted by molar-refractivity contribution is 5.91. The second kappa shape index (κ2) is 9.97. The summed E-state index contributed by atoms with van der Waals surface area (Å²) in [4.78, 5) is 23.0. The van der Waals surface area contributed by atoms with Crippen molar-refractivity contribution >= 4 is 23.3 Å². The maximum Gasteiger partial charge on any atom is 0.332 e. The van der Waals surface area contributed by atoms with Crippen LogP contribution >= 0.6 is 0 Å². The molecule has 6 nitrogen and oxygen atoms in total. The van der Waals surface area contributed by atoms with Crippen LogP contribution in [0.25, 0.3) is 22.5 Å². The Morgan fingerprint density at radius 3 is 1.32 bits per heavy atom. The van der Waals surface area contributed by atoms with Crippen LogP contribution in [0.3, 0.4) is 0 Å². The number of carbonyl (C=O) groups excluding carboxylic acids is 2. The summed E-state index contributed by atoms with van der Waals surface area (Å²) in [6, 6.07) is 15.0. The Morgan fingerprint density at radius 2 is 1.04 bits per heavy atom. The van der Waals surface area contributed by atoms with E-state index in [4.69, 9.17) is 20.9 Å². The van der Waals surface area contributed by atoms with Gasteiger partial charge in [-0.05, 0) is 36.1 Å². The van der Waals surface area contributed by atoms with Gasteiger partial charge in [-0.1, -0.05) is 48.5 Å². The smallest absolute Gasteiger partial charge is 0.332 e. The van der Waals surface area contributed by atoms with Gasteiger partial charge in [0, 0.05) is 23.5 Å². The summed E-state index contributed by atoms with van der Waals surface area (Å²) >= 11 is 0. The molecule has 0 bridgehead atoms. The fourth-order valence-corrected chi connectivity index (χ4v) is 2.50. The van der Waals surface area contributed by atoms with Crippen LogP contribution in [0.1, 0.15) is 25.0 Å². The highest BCUT2D eigenvalue weighted by atomic mass is 16.5. The fourth-order valence-electron chi connectivity index (χ4n) is 2.50. The lowest BCUT2D eigenvalue weighted by atomic mass is 10.0. The Morgan fingerprint density at radius 1 is 0.714 bits per heavy atom. The van der Waals surface area contributed by atoms with E-state index in [0.29, 0.717) is 24.6 Å². The van der Waals surface area contributed by atoms with Crippen LogP contribution in [-0.4, -0.2) is 25.2 Å². The van der Waals surface area contributed by atoms with Crippen molar-refractivity contribution in [2.24, 2.45) is 11.5 Å². The van der Waals surface area contributed by atoms with Crippen molar-refractivity contribution in [1.29, 1.82) is 0 Å². The van der Waals surface area contributed by atoms with Crippen LogP contribution in [0.15, 0.2) is 60.7 Å². The molecule has 0 fully saturated rings. The van der Waals surface area contributed by atoms with Crippen LogP contribution in [0.2, 0.25) is 0 Å². The molecule has 0 amide bonds. The Bertz CT molecular complexity index is 806. The molecule has 6 heteroatoms. The quantitative estimate of drug-likeness (QED) is 0.565. The van der Waals surface area contributed by atoms with Gasteiger partial charge in [-0.25, -0.2) is 9.59 Å². The lowest BCUT2D eigenvalue weighted by Crippen LogP contribution is -2.05. The zero-order chi connectivity index (χ0) is 20.5. The van der Waals surface area contributed by atoms with Gasteiger partial charge >= 0.3 is 11.9 Å². The first-order valence-electron chi connectivity index (χ1n) is 8.93. The molecule has 0 atom stereocenters. The number of carbonyl (C=O) groups is 2. The lowest BCUT2D eigenvalue weighted by Gasteiger charge is -2.07. The van der Waals surface area contributed by atoms with E-state index < -0.39 is 11.9 Å². The lowest BCUT2D eigenvalue weighted by molar-refractivity contribution is -0.138. The molecule has 2 aromatic rings. The zero-order valence-corrected chi connectivity index (χ0v) is 16.0. The molecule has 0 aliphatic heterocycles. The molecule has 0 unspecified atom stereocenters. The summed E-state index contributed by atoms with van der Waals surface area (Å²) in [6.07, 6.45) is 2.54. The molecule has 0 aromatic heterocycles. The minimum atomic E-state index is -0.465. The SMILES string of the molecule is CCOC(=O)/C=C(\N)c1ccc(-c2ccc(/C(N)=C/C(=O)OCC)cc2)cc1. The van der Waals surface area contributed by atoms with E-state index in [1.54, 1.807) is 13.8 Å². The average molecular weight is 380 g/mol. The molecule has 0 heterocycles. The van der Waals surface area contributed by atoms with Gasteiger partial charge in [0.05, 0.1) is 13.2 Å². The van der Waals surface area contributed by atoms with Crippen LogP contribution in [-0.2, 0) is 19.1 Å². The second-order valence-corrected chi connectivity index (χ2v) is 5.86. The van der Waals surface area contributed by atoms with Crippen LogP contribution in [0, 0.1) is 0 Å². The molecule has 28 heavy (non-hydrogen) atoms. The summed E-state index contributed by atoms with van der Waals surface area (Å²) in [7, 11) is 0. The molecule has 146 valence electrons. The molecular formula is C22H24N2O4. The van der Waals surface area contributed by atoms with Crippen molar-refractivity contribution in [1.82, 2.24) is 0 Å². The van der Waals surface area contributed by atoms with Crippen LogP contribution in [0.5, 0.6) is 0 Å². The molecule has 2 aromatic carbocycles. The van der Waals surface area contributed by atoms with Gasteiger partial charge in [0.15, 0.2) is 0 Å². The predicted octanol–water partition coefficient (Wildman–Crippen LogP) is 3.08. The van der Waals surface area contributed by atoms with Gasteiger partial charge in [0.2, 0.25) is 0 Å². The highest BCUT2D eigenvalue weighted by Crippen LogP contribution is 2.23. The minimum absolute atomic E-state index is 0.303. The second-order valence-electron chi connectivity index (χ2n) is 5.86. The summed E-state index contributed by atoms with van der Waals surface area (Å²) in [6.45, 7) is 4.08. The molecule has 2 rings (SSSR count). The third-order valence-corrected chi connectivity index (χ3v) is 3.89. The van der Waals surface area contributed by atoms with E-state index in [9.17, 15) is 9.59 Å². The van der Waals surface area contributed by atoms with Crippen molar-refractivity contribution in [2.75, 3.05) is 13.2 Å². The topological polar surface area (TPSA) is 105 Å². The number of hydrogen-bond donors (Lipinski definition) is 2. The average Bonchev–Trinajstić information content (AvgIpc) is 2.68. The summed E-state index contributed by atoms with van der Waals surface area (Å²) in [5.41, 5.74) is 16.0. The first-order chi connectivity index (χ1) is 13.4. The molecule has 4 N–H and O–H groups in total. The molecule has 0 aliphatic carbocycles. The largest absolute Gasteiger partial charge is 0.463 e. The number of nitrogens with two attached hydrogens (primary N) is 2. The highest BCUT2D eigenvalue weighted by Gasteiger charge is 2.05. The van der Waals surface area contributed by atoms with E-state index in [1.807, 2.05) is 48.5 Å². The van der Waals surface area contributed by atoms with Crippen molar-refractivity contribution in [2.45, 2.75) is 13.8 Å². The summed E-state index contributed by atoms with van der Waals surface area (Å²) in [5, 5.41) is 0.